The second-order valence-corrected chi connectivity index (χ2v) is 5.56. The highest BCUT2D eigenvalue weighted by molar-refractivity contribution is 6.30. The van der Waals surface area contributed by atoms with Crippen molar-refractivity contribution in [1.82, 2.24) is 0 Å². The van der Waals surface area contributed by atoms with E-state index in [4.69, 9.17) is 17.3 Å². The summed E-state index contributed by atoms with van der Waals surface area (Å²) in [4.78, 5) is 10.7. The molecule has 0 bridgehead atoms. The molecule has 110 valence electrons. The average Bonchev–Trinajstić information content (AvgIpc) is 2.43. The highest BCUT2D eigenvalue weighted by atomic mass is 35.5. The maximum absolute atomic E-state index is 11.1. The summed E-state index contributed by atoms with van der Waals surface area (Å²) in [5.74, 6) is 0. The fourth-order valence-electron chi connectivity index (χ4n) is 2.36. The summed E-state index contributed by atoms with van der Waals surface area (Å²) in [6.07, 6.45) is 1.13. The largest absolute Gasteiger partial charge is 0.327 e. The number of rotatable bonds is 5. The minimum Gasteiger partial charge on any atom is -0.327 e. The lowest BCUT2D eigenvalue weighted by Gasteiger charge is -2.13. The SMILES string of the molecule is Cc1ccccc1CC(N)Cc1ccc(Cl)cc1[N+](=O)[O-]. The molecule has 0 aromatic heterocycles. The molecule has 4 nitrogen and oxygen atoms in total. The van der Waals surface area contributed by atoms with Crippen LogP contribution in [0.3, 0.4) is 0 Å². The van der Waals surface area contributed by atoms with Crippen molar-refractivity contribution in [2.75, 3.05) is 0 Å². The third-order valence-electron chi connectivity index (χ3n) is 3.47. The molecule has 0 aliphatic rings. The molecular weight excluding hydrogens is 288 g/mol. The standard InChI is InChI=1S/C16H17ClN2O2/c1-11-4-2-3-5-12(11)8-15(18)9-13-6-7-14(17)10-16(13)19(20)21/h2-7,10,15H,8-9,18H2,1H3. The quantitative estimate of drug-likeness (QED) is 0.677. The molecule has 0 saturated heterocycles. The van der Waals surface area contributed by atoms with E-state index in [0.717, 1.165) is 0 Å². The zero-order valence-corrected chi connectivity index (χ0v) is 12.5. The summed E-state index contributed by atoms with van der Waals surface area (Å²) in [6, 6.07) is 12.6. The van der Waals surface area contributed by atoms with E-state index >= 15 is 0 Å². The van der Waals surface area contributed by atoms with Crippen molar-refractivity contribution in [3.05, 3.63) is 74.3 Å². The van der Waals surface area contributed by atoms with E-state index in [1.807, 2.05) is 31.2 Å². The molecule has 2 aromatic carbocycles. The van der Waals surface area contributed by atoms with Crippen LogP contribution in [-0.2, 0) is 12.8 Å². The monoisotopic (exact) mass is 304 g/mol. The maximum atomic E-state index is 11.1. The van der Waals surface area contributed by atoms with Crippen molar-refractivity contribution in [3.8, 4) is 0 Å². The predicted octanol–water partition coefficient (Wildman–Crippen LogP) is 3.67. The van der Waals surface area contributed by atoms with Crippen LogP contribution in [0.5, 0.6) is 0 Å². The molecule has 0 fully saturated rings. The van der Waals surface area contributed by atoms with Crippen LogP contribution in [0.1, 0.15) is 16.7 Å². The van der Waals surface area contributed by atoms with Crippen LogP contribution in [0.15, 0.2) is 42.5 Å². The molecule has 21 heavy (non-hydrogen) atoms. The van der Waals surface area contributed by atoms with Gasteiger partial charge in [-0.2, -0.15) is 0 Å². The molecule has 2 rings (SSSR count). The van der Waals surface area contributed by atoms with E-state index in [9.17, 15) is 10.1 Å². The van der Waals surface area contributed by atoms with Gasteiger partial charge in [0.05, 0.1) is 4.92 Å². The third kappa shape index (κ3) is 4.03. The smallest absolute Gasteiger partial charge is 0.274 e. The number of aryl methyl sites for hydroxylation is 1. The van der Waals surface area contributed by atoms with Gasteiger partial charge in [-0.05, 0) is 37.0 Å². The highest BCUT2D eigenvalue weighted by Gasteiger charge is 2.17. The average molecular weight is 305 g/mol. The van der Waals surface area contributed by atoms with Gasteiger partial charge in [0.1, 0.15) is 0 Å². The minimum absolute atomic E-state index is 0.0303. The summed E-state index contributed by atoms with van der Waals surface area (Å²) < 4.78 is 0. The van der Waals surface area contributed by atoms with Crippen LogP contribution in [-0.4, -0.2) is 11.0 Å². The fraction of sp³-hybridized carbons (Fsp3) is 0.250. The summed E-state index contributed by atoms with van der Waals surface area (Å²) in [6.45, 7) is 2.03. The summed E-state index contributed by atoms with van der Waals surface area (Å²) >= 11 is 5.81. The number of nitro benzene ring substituents is 1. The van der Waals surface area contributed by atoms with Gasteiger partial charge in [0.2, 0.25) is 0 Å². The van der Waals surface area contributed by atoms with Gasteiger partial charge in [-0.15, -0.1) is 0 Å². The Morgan fingerprint density at radius 3 is 2.52 bits per heavy atom. The van der Waals surface area contributed by atoms with E-state index in [1.54, 1.807) is 12.1 Å². The molecule has 2 aromatic rings. The van der Waals surface area contributed by atoms with Crippen LogP contribution in [0, 0.1) is 17.0 Å². The van der Waals surface area contributed by atoms with E-state index < -0.39 is 4.92 Å². The van der Waals surface area contributed by atoms with Crippen LogP contribution in [0.25, 0.3) is 0 Å². The normalized spacial score (nSPS) is 12.1. The van der Waals surface area contributed by atoms with E-state index in [-0.39, 0.29) is 11.7 Å². The van der Waals surface area contributed by atoms with Gasteiger partial charge in [-0.25, -0.2) is 0 Å². The van der Waals surface area contributed by atoms with E-state index in [1.165, 1.54) is 17.2 Å². The van der Waals surface area contributed by atoms with Gasteiger partial charge >= 0.3 is 0 Å². The zero-order valence-electron chi connectivity index (χ0n) is 11.8. The second kappa shape index (κ2) is 6.70. The summed E-state index contributed by atoms with van der Waals surface area (Å²) in [5, 5.41) is 11.4. The van der Waals surface area contributed by atoms with Gasteiger partial charge in [-0.3, -0.25) is 10.1 Å². The number of benzene rings is 2. The molecule has 0 amide bonds. The number of nitrogens with zero attached hydrogens (tertiary/aromatic N) is 1. The van der Waals surface area contributed by atoms with Gasteiger partial charge in [0, 0.05) is 22.7 Å². The maximum Gasteiger partial charge on any atom is 0.274 e. The third-order valence-corrected chi connectivity index (χ3v) is 3.70. The first-order chi connectivity index (χ1) is 9.97. The molecule has 0 heterocycles. The first kappa shape index (κ1) is 15.5. The molecule has 1 unspecified atom stereocenters. The lowest BCUT2D eigenvalue weighted by molar-refractivity contribution is -0.385. The van der Waals surface area contributed by atoms with Crippen molar-refractivity contribution in [1.29, 1.82) is 0 Å². The Labute approximate surface area is 128 Å². The molecule has 5 heteroatoms. The summed E-state index contributed by atoms with van der Waals surface area (Å²) in [7, 11) is 0. The van der Waals surface area contributed by atoms with Gasteiger partial charge in [0.15, 0.2) is 0 Å². The van der Waals surface area contributed by atoms with Crippen molar-refractivity contribution in [2.24, 2.45) is 5.73 Å². The topological polar surface area (TPSA) is 69.2 Å². The van der Waals surface area contributed by atoms with Crippen molar-refractivity contribution in [3.63, 3.8) is 0 Å². The molecule has 2 N–H and O–H groups in total. The first-order valence-electron chi connectivity index (χ1n) is 6.70. The van der Waals surface area contributed by atoms with Crippen LogP contribution in [0.4, 0.5) is 5.69 Å². The Bertz CT molecular complexity index is 658. The fourth-order valence-corrected chi connectivity index (χ4v) is 2.52. The van der Waals surface area contributed by atoms with Crippen molar-refractivity contribution >= 4 is 17.3 Å². The molecular formula is C16H17ClN2O2. The number of nitro groups is 1. The number of hydrogen-bond donors (Lipinski definition) is 1. The second-order valence-electron chi connectivity index (χ2n) is 5.12. The first-order valence-corrected chi connectivity index (χ1v) is 7.08. The predicted molar refractivity (Wildman–Crippen MR) is 84.7 cm³/mol. The lowest BCUT2D eigenvalue weighted by atomic mass is 9.96. The number of hydrogen-bond acceptors (Lipinski definition) is 3. The lowest BCUT2D eigenvalue weighted by Crippen LogP contribution is -2.26. The Balaban J connectivity index is 2.15. The van der Waals surface area contributed by atoms with Gasteiger partial charge in [-0.1, -0.05) is 41.9 Å². The molecule has 0 aliphatic carbocycles. The van der Waals surface area contributed by atoms with E-state index in [2.05, 4.69) is 0 Å². The van der Waals surface area contributed by atoms with Gasteiger partial charge in [0.25, 0.3) is 5.69 Å². The van der Waals surface area contributed by atoms with Crippen molar-refractivity contribution in [2.45, 2.75) is 25.8 Å². The Kier molecular flexibility index (Phi) is 4.94. The van der Waals surface area contributed by atoms with Crippen molar-refractivity contribution < 1.29 is 4.92 Å². The molecule has 0 saturated carbocycles. The van der Waals surface area contributed by atoms with Crippen LogP contribution >= 0.6 is 11.6 Å². The molecule has 0 spiro atoms. The van der Waals surface area contributed by atoms with E-state index in [0.29, 0.717) is 23.4 Å². The Hall–Kier alpha value is -1.91. The highest BCUT2D eigenvalue weighted by Crippen LogP contribution is 2.24. The Morgan fingerprint density at radius 2 is 1.86 bits per heavy atom. The van der Waals surface area contributed by atoms with Crippen LogP contribution in [0.2, 0.25) is 5.02 Å². The number of nitrogens with two attached hydrogens (primary N) is 1. The zero-order chi connectivity index (χ0) is 15.4. The molecule has 0 aliphatic heterocycles. The number of halogens is 1. The minimum atomic E-state index is -0.415. The van der Waals surface area contributed by atoms with Gasteiger partial charge < -0.3 is 5.73 Å². The Morgan fingerprint density at radius 1 is 1.19 bits per heavy atom. The molecule has 1 atom stereocenters. The van der Waals surface area contributed by atoms with Crippen LogP contribution < -0.4 is 5.73 Å². The summed E-state index contributed by atoms with van der Waals surface area (Å²) in [5.41, 5.74) is 9.15. The molecule has 0 radical (unpaired) electrons.